The van der Waals surface area contributed by atoms with Crippen molar-refractivity contribution in [2.24, 2.45) is 0 Å². The van der Waals surface area contributed by atoms with E-state index in [-0.39, 0.29) is 19.1 Å². The van der Waals surface area contributed by atoms with Crippen molar-refractivity contribution in [2.75, 3.05) is 13.3 Å². The van der Waals surface area contributed by atoms with Crippen LogP contribution in [-0.4, -0.2) is 19.3 Å². The van der Waals surface area contributed by atoms with Gasteiger partial charge in [0, 0.05) is 19.0 Å². The van der Waals surface area contributed by atoms with Crippen LogP contribution in [0.3, 0.4) is 0 Å². The highest BCUT2D eigenvalue weighted by molar-refractivity contribution is 5.31. The van der Waals surface area contributed by atoms with Crippen LogP contribution in [0.2, 0.25) is 0 Å². The Morgan fingerprint density at radius 3 is 2.33 bits per heavy atom. The summed E-state index contributed by atoms with van der Waals surface area (Å²) in [5.74, 6) is -1.94. The van der Waals surface area contributed by atoms with Crippen LogP contribution in [0.4, 0.5) is 13.2 Å². The highest BCUT2D eigenvalue weighted by Gasteiger charge is 2.12. The first-order valence-electron chi connectivity index (χ1n) is 5.94. The lowest BCUT2D eigenvalue weighted by Gasteiger charge is -2.11. The van der Waals surface area contributed by atoms with E-state index in [1.165, 1.54) is 12.1 Å². The first-order valence-corrected chi connectivity index (χ1v) is 5.94. The Morgan fingerprint density at radius 2 is 1.83 bits per heavy atom. The summed E-state index contributed by atoms with van der Waals surface area (Å²) in [6.45, 7) is 3.67. The molecule has 102 valence electrons. The van der Waals surface area contributed by atoms with Gasteiger partial charge in [-0.25, -0.2) is 8.78 Å². The molecule has 1 aromatic rings. The summed E-state index contributed by atoms with van der Waals surface area (Å²) < 4.78 is 43.9. The van der Waals surface area contributed by atoms with E-state index >= 15 is 0 Å². The molecular weight excluding hydrogens is 243 g/mol. The van der Waals surface area contributed by atoms with Gasteiger partial charge in [0.1, 0.15) is 0 Å². The zero-order valence-corrected chi connectivity index (χ0v) is 10.6. The Labute approximate surface area is 105 Å². The van der Waals surface area contributed by atoms with Crippen LogP contribution in [0.1, 0.15) is 25.8 Å². The Hall–Kier alpha value is -1.23. The van der Waals surface area contributed by atoms with Gasteiger partial charge in [-0.15, -0.1) is 0 Å². The molecule has 0 aliphatic rings. The molecular formula is C13H18F3NO. The van der Waals surface area contributed by atoms with Crippen molar-refractivity contribution in [1.29, 1.82) is 0 Å². The predicted molar refractivity (Wildman–Crippen MR) is 64.4 cm³/mol. The second kappa shape index (κ2) is 7.26. The number of benzene rings is 1. The predicted octanol–water partition coefficient (Wildman–Crippen LogP) is 3.20. The summed E-state index contributed by atoms with van der Waals surface area (Å²) in [6, 6.07) is 2.68. The van der Waals surface area contributed by atoms with Gasteiger partial charge in [-0.2, -0.15) is 0 Å². The van der Waals surface area contributed by atoms with Crippen LogP contribution in [0.25, 0.3) is 0 Å². The molecule has 0 radical (unpaired) electrons. The molecule has 1 N–H and O–H groups in total. The standard InChI is InChI=1S/C13H18F3NO/c1-9(2)17-8-10-6-11(15)13(12(16)7-10)18-5-3-4-14/h6-7,9,17H,3-5,8H2,1-2H3. The average molecular weight is 261 g/mol. The lowest BCUT2D eigenvalue weighted by atomic mass is 10.2. The number of nitrogens with one attached hydrogen (secondary N) is 1. The first-order chi connectivity index (χ1) is 8.54. The van der Waals surface area contributed by atoms with Crippen LogP contribution in [0, 0.1) is 11.6 Å². The van der Waals surface area contributed by atoms with E-state index in [4.69, 9.17) is 4.74 Å². The fourth-order valence-electron chi connectivity index (χ4n) is 1.40. The molecule has 0 atom stereocenters. The van der Waals surface area contributed by atoms with Crippen LogP contribution in [-0.2, 0) is 6.54 Å². The highest BCUT2D eigenvalue weighted by Crippen LogP contribution is 2.23. The van der Waals surface area contributed by atoms with Crippen molar-refractivity contribution in [3.8, 4) is 5.75 Å². The first kappa shape index (κ1) is 14.8. The summed E-state index contributed by atoms with van der Waals surface area (Å²) in [5.41, 5.74) is 0.511. The monoisotopic (exact) mass is 261 g/mol. The molecule has 0 amide bonds. The number of halogens is 3. The fraction of sp³-hybridized carbons (Fsp3) is 0.538. The molecule has 1 aromatic carbocycles. The molecule has 1 rings (SSSR count). The van der Waals surface area contributed by atoms with E-state index in [2.05, 4.69) is 5.32 Å². The minimum Gasteiger partial charge on any atom is -0.488 e. The number of hydrogen-bond donors (Lipinski definition) is 1. The molecule has 0 spiro atoms. The second-order valence-electron chi connectivity index (χ2n) is 4.32. The van der Waals surface area contributed by atoms with E-state index < -0.39 is 24.1 Å². The Kier molecular flexibility index (Phi) is 5.98. The number of alkyl halides is 1. The van der Waals surface area contributed by atoms with E-state index in [1.807, 2.05) is 13.8 Å². The second-order valence-corrected chi connectivity index (χ2v) is 4.32. The minimum absolute atomic E-state index is 0.0338. The number of rotatable bonds is 7. The van der Waals surface area contributed by atoms with Crippen molar-refractivity contribution < 1.29 is 17.9 Å². The topological polar surface area (TPSA) is 21.3 Å². The van der Waals surface area contributed by atoms with Crippen molar-refractivity contribution in [2.45, 2.75) is 32.9 Å². The zero-order valence-electron chi connectivity index (χ0n) is 10.6. The molecule has 0 fully saturated rings. The molecule has 0 heterocycles. The molecule has 0 bridgehead atoms. The summed E-state index contributed by atoms with van der Waals surface area (Å²) in [4.78, 5) is 0. The van der Waals surface area contributed by atoms with Crippen molar-refractivity contribution in [1.82, 2.24) is 5.32 Å². The maximum atomic E-state index is 13.6. The molecule has 0 saturated carbocycles. The quantitative estimate of drug-likeness (QED) is 0.761. The maximum Gasteiger partial charge on any atom is 0.190 e. The van der Waals surface area contributed by atoms with Gasteiger partial charge >= 0.3 is 0 Å². The molecule has 0 saturated heterocycles. The summed E-state index contributed by atoms with van der Waals surface area (Å²) in [7, 11) is 0. The lowest BCUT2D eigenvalue weighted by Crippen LogP contribution is -2.22. The van der Waals surface area contributed by atoms with Gasteiger partial charge in [0.2, 0.25) is 0 Å². The molecule has 2 nitrogen and oxygen atoms in total. The van der Waals surface area contributed by atoms with Gasteiger partial charge in [-0.3, -0.25) is 4.39 Å². The van der Waals surface area contributed by atoms with Crippen LogP contribution in [0.15, 0.2) is 12.1 Å². The highest BCUT2D eigenvalue weighted by atomic mass is 19.1. The third-order valence-electron chi connectivity index (χ3n) is 2.30. The van der Waals surface area contributed by atoms with E-state index in [9.17, 15) is 13.2 Å². The average Bonchev–Trinajstić information content (AvgIpc) is 2.30. The summed E-state index contributed by atoms with van der Waals surface area (Å²) >= 11 is 0. The van der Waals surface area contributed by atoms with Gasteiger partial charge in [-0.05, 0) is 17.7 Å². The van der Waals surface area contributed by atoms with Gasteiger partial charge in [0.15, 0.2) is 17.4 Å². The Balaban J connectivity index is 2.71. The SMILES string of the molecule is CC(C)NCc1cc(F)c(OCCCF)c(F)c1. The molecule has 18 heavy (non-hydrogen) atoms. The fourth-order valence-corrected chi connectivity index (χ4v) is 1.40. The van der Waals surface area contributed by atoms with E-state index in [0.29, 0.717) is 12.1 Å². The van der Waals surface area contributed by atoms with Crippen LogP contribution in [0.5, 0.6) is 5.75 Å². The number of hydrogen-bond acceptors (Lipinski definition) is 2. The summed E-state index contributed by atoms with van der Waals surface area (Å²) in [6.07, 6.45) is 0.121. The molecule has 0 aliphatic heterocycles. The molecule has 5 heteroatoms. The third kappa shape index (κ3) is 4.56. The van der Waals surface area contributed by atoms with Gasteiger partial charge in [0.05, 0.1) is 13.3 Å². The Bertz CT molecular complexity index is 359. The third-order valence-corrected chi connectivity index (χ3v) is 2.30. The van der Waals surface area contributed by atoms with Crippen molar-refractivity contribution >= 4 is 0 Å². The lowest BCUT2D eigenvalue weighted by molar-refractivity contribution is 0.264. The Morgan fingerprint density at radius 1 is 1.22 bits per heavy atom. The number of ether oxygens (including phenoxy) is 1. The van der Waals surface area contributed by atoms with E-state index in [1.54, 1.807) is 0 Å². The van der Waals surface area contributed by atoms with Crippen molar-refractivity contribution in [3.63, 3.8) is 0 Å². The van der Waals surface area contributed by atoms with Gasteiger partial charge < -0.3 is 10.1 Å². The normalized spacial score (nSPS) is 11.0. The van der Waals surface area contributed by atoms with Gasteiger partial charge in [0.25, 0.3) is 0 Å². The van der Waals surface area contributed by atoms with E-state index in [0.717, 1.165) is 0 Å². The van der Waals surface area contributed by atoms with Crippen molar-refractivity contribution in [3.05, 3.63) is 29.3 Å². The minimum atomic E-state index is -0.755. The molecule has 0 aliphatic carbocycles. The summed E-state index contributed by atoms with van der Waals surface area (Å²) in [5, 5.41) is 3.06. The maximum absolute atomic E-state index is 13.6. The molecule has 0 unspecified atom stereocenters. The van der Waals surface area contributed by atoms with Gasteiger partial charge in [-0.1, -0.05) is 13.8 Å². The largest absolute Gasteiger partial charge is 0.488 e. The molecule has 0 aromatic heterocycles. The van der Waals surface area contributed by atoms with Crippen LogP contribution < -0.4 is 10.1 Å². The van der Waals surface area contributed by atoms with Crippen LogP contribution >= 0.6 is 0 Å². The smallest absolute Gasteiger partial charge is 0.190 e. The zero-order chi connectivity index (χ0) is 13.5.